The van der Waals surface area contributed by atoms with Gasteiger partial charge in [0.1, 0.15) is 0 Å². The predicted octanol–water partition coefficient (Wildman–Crippen LogP) is 0.133. The molecule has 0 amide bonds. The molecule has 4 heteroatoms. The Morgan fingerprint density at radius 2 is 2.23 bits per heavy atom. The van der Waals surface area contributed by atoms with Gasteiger partial charge >= 0.3 is 0 Å². The highest BCUT2D eigenvalue weighted by atomic mass is 16.3. The number of anilines is 1. The van der Waals surface area contributed by atoms with Crippen LogP contribution >= 0.6 is 0 Å². The van der Waals surface area contributed by atoms with Gasteiger partial charge in [-0.3, -0.25) is 0 Å². The van der Waals surface area contributed by atoms with Crippen LogP contribution in [0, 0.1) is 11.3 Å². The molecule has 0 aliphatic heterocycles. The molecule has 0 unspecified atom stereocenters. The van der Waals surface area contributed by atoms with Crippen molar-refractivity contribution >= 4 is 5.69 Å². The molecule has 0 heterocycles. The third kappa shape index (κ3) is 1.96. The molecule has 1 aromatic carbocycles. The molecular weight excluding hydrogens is 166 g/mol. The predicted molar refractivity (Wildman–Crippen MR) is 49.6 cm³/mol. The fraction of sp³-hybridized carbons (Fsp3) is 0.222. The van der Waals surface area contributed by atoms with Crippen molar-refractivity contribution in [3.05, 3.63) is 29.3 Å². The summed E-state index contributed by atoms with van der Waals surface area (Å²) in [7, 11) is 0. The summed E-state index contributed by atoms with van der Waals surface area (Å²) < 4.78 is 0. The highest BCUT2D eigenvalue weighted by molar-refractivity contribution is 5.50. The fourth-order valence-corrected chi connectivity index (χ4v) is 1.09. The molecule has 5 N–H and O–H groups in total. The van der Waals surface area contributed by atoms with Crippen molar-refractivity contribution in [2.75, 3.05) is 12.3 Å². The Labute approximate surface area is 76.4 Å². The van der Waals surface area contributed by atoms with Gasteiger partial charge in [-0.1, -0.05) is 0 Å². The zero-order valence-corrected chi connectivity index (χ0v) is 7.07. The maximum absolute atomic E-state index is 8.82. The number of aliphatic hydroxyl groups is 1. The maximum Gasteiger partial charge on any atom is 0.0995 e. The minimum atomic E-state index is -0.543. The zero-order chi connectivity index (χ0) is 9.84. The van der Waals surface area contributed by atoms with E-state index in [4.69, 9.17) is 21.8 Å². The number of hydrogen-bond donors (Lipinski definition) is 3. The van der Waals surface area contributed by atoms with Crippen LogP contribution in [0.5, 0.6) is 0 Å². The first-order chi connectivity index (χ1) is 6.19. The number of nitriles is 1. The van der Waals surface area contributed by atoms with Gasteiger partial charge in [0, 0.05) is 5.69 Å². The maximum atomic E-state index is 8.82. The summed E-state index contributed by atoms with van der Waals surface area (Å²) in [6, 6.07) is 6.29. The van der Waals surface area contributed by atoms with E-state index in [1.807, 2.05) is 6.07 Å². The second-order valence-corrected chi connectivity index (χ2v) is 2.75. The molecular formula is C9H11N3O. The highest BCUT2D eigenvalue weighted by Gasteiger charge is 2.09. The average molecular weight is 177 g/mol. The van der Waals surface area contributed by atoms with Crippen LogP contribution in [0.4, 0.5) is 5.69 Å². The van der Waals surface area contributed by atoms with Crippen LogP contribution in [0.15, 0.2) is 18.2 Å². The monoisotopic (exact) mass is 177 g/mol. The lowest BCUT2D eigenvalue weighted by molar-refractivity contribution is 0.268. The molecule has 4 nitrogen and oxygen atoms in total. The summed E-state index contributed by atoms with van der Waals surface area (Å²) >= 11 is 0. The Balaban J connectivity index is 3.17. The van der Waals surface area contributed by atoms with Gasteiger partial charge in [-0.2, -0.15) is 5.26 Å². The summed E-state index contributed by atoms with van der Waals surface area (Å²) in [5.41, 5.74) is 12.7. The summed E-state index contributed by atoms with van der Waals surface area (Å²) in [4.78, 5) is 0. The van der Waals surface area contributed by atoms with Gasteiger partial charge in [-0.25, -0.2) is 0 Å². The highest BCUT2D eigenvalue weighted by Crippen LogP contribution is 2.18. The molecule has 68 valence electrons. The van der Waals surface area contributed by atoms with Crippen molar-refractivity contribution in [2.24, 2.45) is 5.73 Å². The van der Waals surface area contributed by atoms with E-state index < -0.39 is 6.04 Å². The second kappa shape index (κ2) is 3.90. The fourth-order valence-electron chi connectivity index (χ4n) is 1.09. The topological polar surface area (TPSA) is 96.1 Å². The third-order valence-corrected chi connectivity index (χ3v) is 1.79. The summed E-state index contributed by atoms with van der Waals surface area (Å²) in [6.45, 7) is -0.196. The van der Waals surface area contributed by atoms with Crippen LogP contribution in [0.3, 0.4) is 0 Å². The van der Waals surface area contributed by atoms with E-state index in [2.05, 4.69) is 0 Å². The average Bonchev–Trinajstić information content (AvgIpc) is 2.16. The molecule has 0 saturated carbocycles. The lowest BCUT2D eigenvalue weighted by Crippen LogP contribution is -2.16. The molecule has 13 heavy (non-hydrogen) atoms. The van der Waals surface area contributed by atoms with Crippen LogP contribution in [0.25, 0.3) is 0 Å². The number of nitrogens with zero attached hydrogens (tertiary/aromatic N) is 1. The van der Waals surface area contributed by atoms with E-state index in [0.29, 0.717) is 16.8 Å². The van der Waals surface area contributed by atoms with E-state index in [1.165, 1.54) is 0 Å². The quantitative estimate of drug-likeness (QED) is 0.559. The molecule has 1 rings (SSSR count). The van der Waals surface area contributed by atoms with E-state index in [9.17, 15) is 0 Å². The largest absolute Gasteiger partial charge is 0.399 e. The molecule has 0 aliphatic rings. The number of benzene rings is 1. The van der Waals surface area contributed by atoms with Gasteiger partial charge in [0.2, 0.25) is 0 Å². The van der Waals surface area contributed by atoms with Crippen LogP contribution < -0.4 is 11.5 Å². The van der Waals surface area contributed by atoms with Crippen molar-refractivity contribution in [3.63, 3.8) is 0 Å². The number of nitrogen functional groups attached to an aromatic ring is 1. The van der Waals surface area contributed by atoms with Crippen molar-refractivity contribution in [1.29, 1.82) is 5.26 Å². The Hall–Kier alpha value is -1.57. The lowest BCUT2D eigenvalue weighted by Gasteiger charge is -2.10. The van der Waals surface area contributed by atoms with E-state index >= 15 is 0 Å². The first-order valence-corrected chi connectivity index (χ1v) is 3.85. The standard InChI is InChI=1S/C9H11N3O/c10-4-6-1-2-7(11)3-8(6)9(12)5-13/h1-3,9,13H,5,11-12H2/t9-/m1/s1. The molecule has 0 aliphatic carbocycles. The second-order valence-electron chi connectivity index (χ2n) is 2.75. The van der Waals surface area contributed by atoms with Crippen LogP contribution in [0.2, 0.25) is 0 Å². The summed E-state index contributed by atoms with van der Waals surface area (Å²) in [5.74, 6) is 0. The normalized spacial score (nSPS) is 12.1. The van der Waals surface area contributed by atoms with Crippen molar-refractivity contribution in [1.82, 2.24) is 0 Å². The van der Waals surface area contributed by atoms with Crippen molar-refractivity contribution in [2.45, 2.75) is 6.04 Å². The first-order valence-electron chi connectivity index (χ1n) is 3.85. The van der Waals surface area contributed by atoms with Gasteiger partial charge in [0.25, 0.3) is 0 Å². The Bertz CT molecular complexity index is 343. The van der Waals surface area contributed by atoms with Gasteiger partial charge in [-0.15, -0.1) is 0 Å². The molecule has 0 saturated heterocycles. The molecule has 1 aromatic rings. The SMILES string of the molecule is N#Cc1ccc(N)cc1[C@H](N)CO. The molecule has 0 aromatic heterocycles. The molecule has 0 fully saturated rings. The zero-order valence-electron chi connectivity index (χ0n) is 7.07. The molecule has 1 atom stereocenters. The van der Waals surface area contributed by atoms with Crippen molar-refractivity contribution < 1.29 is 5.11 Å². The Morgan fingerprint density at radius 3 is 2.77 bits per heavy atom. The Kier molecular flexibility index (Phi) is 2.85. The number of nitrogens with two attached hydrogens (primary N) is 2. The van der Waals surface area contributed by atoms with Crippen LogP contribution in [-0.4, -0.2) is 11.7 Å². The van der Waals surface area contributed by atoms with Gasteiger partial charge in [-0.05, 0) is 23.8 Å². The summed E-state index contributed by atoms with van der Waals surface area (Å²) in [6.07, 6.45) is 0. The lowest BCUT2D eigenvalue weighted by atomic mass is 10.0. The van der Waals surface area contributed by atoms with E-state index in [1.54, 1.807) is 18.2 Å². The van der Waals surface area contributed by atoms with E-state index in [0.717, 1.165) is 0 Å². The minimum Gasteiger partial charge on any atom is -0.399 e. The van der Waals surface area contributed by atoms with Gasteiger partial charge in [0.15, 0.2) is 0 Å². The van der Waals surface area contributed by atoms with Gasteiger partial charge in [0.05, 0.1) is 24.3 Å². The number of rotatable bonds is 2. The minimum absolute atomic E-state index is 0.196. The molecule has 0 bridgehead atoms. The molecule has 0 spiro atoms. The van der Waals surface area contributed by atoms with Crippen LogP contribution in [-0.2, 0) is 0 Å². The van der Waals surface area contributed by atoms with E-state index in [-0.39, 0.29) is 6.61 Å². The number of aliphatic hydroxyl groups excluding tert-OH is 1. The third-order valence-electron chi connectivity index (χ3n) is 1.79. The van der Waals surface area contributed by atoms with Crippen LogP contribution in [0.1, 0.15) is 17.2 Å². The Morgan fingerprint density at radius 1 is 1.54 bits per heavy atom. The number of hydrogen-bond acceptors (Lipinski definition) is 4. The smallest absolute Gasteiger partial charge is 0.0995 e. The molecule has 0 radical (unpaired) electrons. The first kappa shape index (κ1) is 9.52. The van der Waals surface area contributed by atoms with Crippen molar-refractivity contribution in [3.8, 4) is 6.07 Å². The summed E-state index contributed by atoms with van der Waals surface area (Å²) in [5, 5.41) is 17.5. The van der Waals surface area contributed by atoms with Gasteiger partial charge < -0.3 is 16.6 Å².